The highest BCUT2D eigenvalue weighted by Gasteiger charge is 2.35. The fourth-order valence-corrected chi connectivity index (χ4v) is 5.84. The van der Waals surface area contributed by atoms with Gasteiger partial charge in [0.15, 0.2) is 5.82 Å². The summed E-state index contributed by atoms with van der Waals surface area (Å²) in [6.45, 7) is 12.8. The molecule has 10 heteroatoms. The predicted octanol–water partition coefficient (Wildman–Crippen LogP) is 9.38. The lowest BCUT2D eigenvalue weighted by molar-refractivity contribution is -0.122. The summed E-state index contributed by atoms with van der Waals surface area (Å²) in [5.41, 5.74) is 13.5. The van der Waals surface area contributed by atoms with Crippen LogP contribution in [-0.4, -0.2) is 29.7 Å². The Morgan fingerprint density at radius 2 is 1.68 bits per heavy atom. The molecular weight excluding hydrogens is 659 g/mol. The lowest BCUT2D eigenvalue weighted by Gasteiger charge is -2.27. The molecule has 0 saturated heterocycles. The number of hydrogen-bond acceptors (Lipinski definition) is 5. The smallest absolute Gasteiger partial charge is 0.227 e. The monoisotopic (exact) mass is 705 g/mol. The Bertz CT molecular complexity index is 1860. The summed E-state index contributed by atoms with van der Waals surface area (Å²) in [6.07, 6.45) is 3.90. The number of nitrogens with zero attached hydrogens (tertiary/aromatic N) is 2. The number of carbonyl (C=O) groups is 1. The van der Waals surface area contributed by atoms with Crippen molar-refractivity contribution in [3.05, 3.63) is 117 Å². The number of aromatic nitrogens is 1. The van der Waals surface area contributed by atoms with Crippen molar-refractivity contribution in [2.45, 2.75) is 90.6 Å². The second kappa shape index (κ2) is 16.2. The Labute approximate surface area is 298 Å². The molecule has 1 heterocycles. The van der Waals surface area contributed by atoms with Gasteiger partial charge in [-0.1, -0.05) is 69.6 Å². The van der Waals surface area contributed by atoms with Gasteiger partial charge in [0.25, 0.3) is 0 Å². The number of halogens is 4. The molecule has 6 nitrogen and oxygen atoms in total. The number of carbonyl (C=O) groups excluding carboxylic acids is 1. The van der Waals surface area contributed by atoms with Crippen LogP contribution < -0.4 is 16.8 Å². The molecule has 1 amide bonds. The van der Waals surface area contributed by atoms with Gasteiger partial charge in [0.2, 0.25) is 5.91 Å². The van der Waals surface area contributed by atoms with Crippen LogP contribution in [0.1, 0.15) is 113 Å². The summed E-state index contributed by atoms with van der Waals surface area (Å²) in [6, 6.07) is 16.9. The number of pyridine rings is 1. The van der Waals surface area contributed by atoms with Gasteiger partial charge >= 0.3 is 0 Å². The third-order valence-corrected chi connectivity index (χ3v) is 9.39. The first-order chi connectivity index (χ1) is 23.7. The Kier molecular flexibility index (Phi) is 12.5. The topological polar surface area (TPSA) is 106 Å². The van der Waals surface area contributed by atoms with Crippen LogP contribution in [0.2, 0.25) is 5.02 Å². The van der Waals surface area contributed by atoms with Crippen molar-refractivity contribution < 1.29 is 18.0 Å². The highest BCUT2D eigenvalue weighted by Crippen LogP contribution is 2.38. The molecule has 1 aromatic heterocycles. The Morgan fingerprint density at radius 1 is 1.02 bits per heavy atom. The van der Waals surface area contributed by atoms with E-state index in [0.717, 1.165) is 35.6 Å². The molecule has 1 aliphatic rings. The molecule has 1 saturated carbocycles. The average molecular weight is 706 g/mol. The van der Waals surface area contributed by atoms with E-state index in [1.807, 2.05) is 63.2 Å². The number of hydrogen-bond donors (Lipinski definition) is 3. The first-order valence-corrected chi connectivity index (χ1v) is 17.5. The highest BCUT2D eigenvalue weighted by atomic mass is 35.5. The Hall–Kier alpha value is -4.21. The van der Waals surface area contributed by atoms with Gasteiger partial charge in [-0.3, -0.25) is 9.79 Å². The van der Waals surface area contributed by atoms with E-state index in [-0.39, 0.29) is 34.3 Å². The number of anilines is 1. The van der Waals surface area contributed by atoms with Crippen LogP contribution in [0.15, 0.2) is 65.7 Å². The number of amides is 1. The number of aliphatic imine (C=N–C) groups is 1. The molecule has 50 heavy (non-hydrogen) atoms. The van der Waals surface area contributed by atoms with Crippen molar-refractivity contribution in [2.24, 2.45) is 10.7 Å². The van der Waals surface area contributed by atoms with Crippen molar-refractivity contribution >= 4 is 29.4 Å². The van der Waals surface area contributed by atoms with Crippen molar-refractivity contribution in [2.75, 3.05) is 12.3 Å². The minimum absolute atomic E-state index is 0.0382. The number of benzene rings is 3. The number of primary amides is 1. The van der Waals surface area contributed by atoms with Crippen molar-refractivity contribution in [3.8, 4) is 11.3 Å². The molecular formula is C40H47ClF3N5O. The second-order valence-corrected chi connectivity index (χ2v) is 13.8. The number of rotatable bonds is 12. The molecule has 0 bridgehead atoms. The van der Waals surface area contributed by atoms with Crippen molar-refractivity contribution in [3.63, 3.8) is 0 Å². The summed E-state index contributed by atoms with van der Waals surface area (Å²) in [4.78, 5) is 21.9. The third kappa shape index (κ3) is 8.56. The predicted molar refractivity (Wildman–Crippen MR) is 198 cm³/mol. The molecule has 1 fully saturated rings. The molecule has 5 N–H and O–H groups in total. The summed E-state index contributed by atoms with van der Waals surface area (Å²) >= 11 is 6.53. The lowest BCUT2D eigenvalue weighted by atomic mass is 9.81. The maximum absolute atomic E-state index is 16.5. The van der Waals surface area contributed by atoms with Gasteiger partial charge < -0.3 is 16.8 Å². The van der Waals surface area contributed by atoms with Gasteiger partial charge in [0, 0.05) is 47.5 Å². The number of nitrogens with one attached hydrogen (secondary N) is 1. The van der Waals surface area contributed by atoms with Crippen LogP contribution in [0.5, 0.6) is 0 Å². The van der Waals surface area contributed by atoms with Crippen LogP contribution in [0.25, 0.3) is 11.3 Å². The van der Waals surface area contributed by atoms with Gasteiger partial charge in [-0.15, -0.1) is 0 Å². The molecule has 2 atom stereocenters. The van der Waals surface area contributed by atoms with E-state index in [9.17, 15) is 9.18 Å². The van der Waals surface area contributed by atoms with E-state index in [1.54, 1.807) is 20.1 Å². The van der Waals surface area contributed by atoms with Crippen LogP contribution in [0.3, 0.4) is 0 Å². The fourth-order valence-electron chi connectivity index (χ4n) is 5.60. The minimum Gasteiger partial charge on any atom is -0.397 e. The Morgan fingerprint density at radius 3 is 2.28 bits per heavy atom. The first kappa shape index (κ1) is 38.6. The van der Waals surface area contributed by atoms with Crippen molar-refractivity contribution in [1.29, 1.82) is 0 Å². The molecule has 0 radical (unpaired) electrons. The lowest BCUT2D eigenvalue weighted by Crippen LogP contribution is -2.37. The zero-order valence-corrected chi connectivity index (χ0v) is 30.5. The quantitative estimate of drug-likeness (QED) is 0.101. The van der Waals surface area contributed by atoms with Crippen LogP contribution in [0.4, 0.5) is 18.9 Å². The minimum atomic E-state index is -1.48. The molecule has 2 unspecified atom stereocenters. The summed E-state index contributed by atoms with van der Waals surface area (Å²) in [7, 11) is 0. The molecule has 0 aliphatic heterocycles. The van der Waals surface area contributed by atoms with Gasteiger partial charge in [0.05, 0.1) is 27.9 Å². The molecule has 1 aliphatic carbocycles. The van der Waals surface area contributed by atoms with Crippen LogP contribution in [0, 0.1) is 17.5 Å². The van der Waals surface area contributed by atoms with Crippen LogP contribution in [-0.2, 0) is 10.2 Å². The maximum Gasteiger partial charge on any atom is 0.227 e. The van der Waals surface area contributed by atoms with E-state index >= 15 is 8.78 Å². The highest BCUT2D eigenvalue weighted by molar-refractivity contribution is 6.33. The molecule has 5 rings (SSSR count). The van der Waals surface area contributed by atoms with E-state index in [1.165, 1.54) is 26.0 Å². The fraction of sp³-hybridized carbons (Fsp3) is 0.375. The summed E-state index contributed by atoms with van der Waals surface area (Å²) in [5.74, 6) is -4.15. The van der Waals surface area contributed by atoms with E-state index in [0.29, 0.717) is 29.0 Å². The Balaban J connectivity index is 0.00000276. The standard InChI is InChI=1S/C38H41ClF3N5O.C2H6/c1-20(2)26-15-27(32(41)17-31(26)40)36-34(42)29(38(4,5)37(44)48)16-33(47-36)28(22-9-7-6-8-10-22)19-45-21(3)23-13-24(18-46-25-11-12-25)35(43)30(39)14-23;1-2/h6-10,13-18,20-21,25,28,45H,11-12,19,43H2,1-5H3,(H2,44,48);1-2H3. The summed E-state index contributed by atoms with van der Waals surface area (Å²) < 4.78 is 46.6. The average Bonchev–Trinajstić information content (AvgIpc) is 3.92. The maximum atomic E-state index is 16.5. The zero-order valence-electron chi connectivity index (χ0n) is 29.8. The largest absolute Gasteiger partial charge is 0.397 e. The number of nitrogens with two attached hydrogens (primary N) is 2. The van der Waals surface area contributed by atoms with Crippen LogP contribution >= 0.6 is 11.6 Å². The van der Waals surface area contributed by atoms with Gasteiger partial charge in [-0.25, -0.2) is 18.2 Å². The van der Waals surface area contributed by atoms with E-state index in [2.05, 4.69) is 10.3 Å². The first-order valence-electron chi connectivity index (χ1n) is 17.1. The molecule has 0 spiro atoms. The van der Waals surface area contributed by atoms with E-state index < -0.39 is 34.7 Å². The molecule has 266 valence electrons. The van der Waals surface area contributed by atoms with Gasteiger partial charge in [-0.2, -0.15) is 0 Å². The second-order valence-electron chi connectivity index (χ2n) is 13.4. The van der Waals surface area contributed by atoms with Crippen molar-refractivity contribution in [1.82, 2.24) is 10.3 Å². The van der Waals surface area contributed by atoms with E-state index in [4.69, 9.17) is 28.1 Å². The third-order valence-electron chi connectivity index (χ3n) is 9.07. The van der Waals surface area contributed by atoms with Gasteiger partial charge in [0.1, 0.15) is 17.3 Å². The zero-order chi connectivity index (χ0) is 36.9. The number of nitrogen functional groups attached to an aromatic ring is 1. The molecule has 4 aromatic rings. The summed E-state index contributed by atoms with van der Waals surface area (Å²) in [5, 5.41) is 3.97. The normalized spacial score (nSPS) is 14.4. The SMILES string of the molecule is CC.CC(C)c1cc(-c2nc(C(CNC(C)c3cc(Cl)c(N)c(C=NC4CC4)c3)c3ccccc3)cc(C(C)(C)C(N)=O)c2F)c(F)cc1F. The van der Waals surface area contributed by atoms with Gasteiger partial charge in [-0.05, 0) is 80.5 Å². The molecule has 3 aromatic carbocycles.